The number of hydrogen-bond acceptors (Lipinski definition) is 4. The van der Waals surface area contributed by atoms with Gasteiger partial charge in [0.05, 0.1) is 5.69 Å². The summed E-state index contributed by atoms with van der Waals surface area (Å²) in [5, 5.41) is 11.2. The van der Waals surface area contributed by atoms with Crippen molar-refractivity contribution < 1.29 is 0 Å². The molecule has 0 saturated heterocycles. The Morgan fingerprint density at radius 3 is 2.72 bits per heavy atom. The first-order valence-corrected chi connectivity index (χ1v) is 8.04. The van der Waals surface area contributed by atoms with E-state index < -0.39 is 0 Å². The molecule has 0 aromatic carbocycles. The number of nitrogens with one attached hydrogen (secondary N) is 1. The van der Waals surface area contributed by atoms with Crippen molar-refractivity contribution >= 4 is 22.7 Å². The molecule has 1 N–H and O–H groups in total. The van der Waals surface area contributed by atoms with Crippen molar-refractivity contribution in [1.29, 1.82) is 0 Å². The SMILES string of the molecule is CC(C)(C)c1csc(CNCCc2ccsc2)n1. The molecule has 2 aromatic heterocycles. The van der Waals surface area contributed by atoms with Crippen LogP contribution < -0.4 is 5.32 Å². The third-order valence-corrected chi connectivity index (χ3v) is 4.35. The normalized spacial score (nSPS) is 11.9. The monoisotopic (exact) mass is 280 g/mol. The maximum Gasteiger partial charge on any atom is 0.107 e. The predicted octanol–water partition coefficient (Wildman–Crippen LogP) is 3.83. The third-order valence-electron chi connectivity index (χ3n) is 2.77. The van der Waals surface area contributed by atoms with E-state index in [4.69, 9.17) is 0 Å². The molecule has 0 atom stereocenters. The van der Waals surface area contributed by atoms with E-state index in [0.29, 0.717) is 0 Å². The van der Waals surface area contributed by atoms with Crippen molar-refractivity contribution in [3.63, 3.8) is 0 Å². The first kappa shape index (κ1) is 13.7. The fourth-order valence-electron chi connectivity index (χ4n) is 1.60. The van der Waals surface area contributed by atoms with Crippen LogP contribution in [0.4, 0.5) is 0 Å². The molecule has 4 heteroatoms. The summed E-state index contributed by atoms with van der Waals surface area (Å²) in [7, 11) is 0. The van der Waals surface area contributed by atoms with Gasteiger partial charge >= 0.3 is 0 Å². The van der Waals surface area contributed by atoms with Gasteiger partial charge < -0.3 is 5.32 Å². The Balaban J connectivity index is 1.75. The first-order chi connectivity index (χ1) is 8.55. The van der Waals surface area contributed by atoms with Crippen LogP contribution in [-0.4, -0.2) is 11.5 Å². The zero-order chi connectivity index (χ0) is 13.0. The van der Waals surface area contributed by atoms with Crippen LogP contribution in [0.1, 0.15) is 37.0 Å². The first-order valence-electron chi connectivity index (χ1n) is 6.22. The summed E-state index contributed by atoms with van der Waals surface area (Å²) in [5.41, 5.74) is 2.77. The van der Waals surface area contributed by atoms with Gasteiger partial charge in [0.1, 0.15) is 5.01 Å². The van der Waals surface area contributed by atoms with Crippen molar-refractivity contribution in [2.75, 3.05) is 6.54 Å². The van der Waals surface area contributed by atoms with Crippen LogP contribution in [0.3, 0.4) is 0 Å². The summed E-state index contributed by atoms with van der Waals surface area (Å²) in [5.74, 6) is 0. The summed E-state index contributed by atoms with van der Waals surface area (Å²) in [6.07, 6.45) is 1.10. The molecule has 2 heterocycles. The topological polar surface area (TPSA) is 24.9 Å². The van der Waals surface area contributed by atoms with Crippen LogP contribution in [0.15, 0.2) is 22.2 Å². The number of thiazole rings is 1. The van der Waals surface area contributed by atoms with Crippen LogP contribution in [0.2, 0.25) is 0 Å². The summed E-state index contributed by atoms with van der Waals surface area (Å²) >= 11 is 3.51. The fraction of sp³-hybridized carbons (Fsp3) is 0.500. The molecule has 2 nitrogen and oxygen atoms in total. The van der Waals surface area contributed by atoms with Crippen LogP contribution in [0.5, 0.6) is 0 Å². The molecule has 0 unspecified atom stereocenters. The van der Waals surface area contributed by atoms with E-state index in [0.717, 1.165) is 19.5 Å². The second kappa shape index (κ2) is 5.95. The molecule has 0 fully saturated rings. The Kier molecular flexibility index (Phi) is 4.54. The molecule has 2 aromatic rings. The Hall–Kier alpha value is -0.710. The third kappa shape index (κ3) is 3.90. The number of thiophene rings is 1. The van der Waals surface area contributed by atoms with Gasteiger partial charge in [-0.15, -0.1) is 11.3 Å². The number of hydrogen-bond donors (Lipinski definition) is 1. The Morgan fingerprint density at radius 1 is 1.28 bits per heavy atom. The lowest BCUT2D eigenvalue weighted by Crippen LogP contribution is -2.17. The lowest BCUT2D eigenvalue weighted by atomic mass is 9.93. The quantitative estimate of drug-likeness (QED) is 0.842. The Bertz CT molecular complexity index is 466. The summed E-state index contributed by atoms with van der Waals surface area (Å²) < 4.78 is 0. The lowest BCUT2D eigenvalue weighted by molar-refractivity contribution is 0.568. The van der Waals surface area contributed by atoms with Crippen LogP contribution in [0.25, 0.3) is 0 Å². The van der Waals surface area contributed by atoms with Crippen molar-refractivity contribution in [2.24, 2.45) is 0 Å². The highest BCUT2D eigenvalue weighted by molar-refractivity contribution is 7.09. The maximum absolute atomic E-state index is 4.67. The Morgan fingerprint density at radius 2 is 2.11 bits per heavy atom. The van der Waals surface area contributed by atoms with Crippen LogP contribution in [-0.2, 0) is 18.4 Å². The summed E-state index contributed by atoms with van der Waals surface area (Å²) in [6, 6.07) is 2.19. The van der Waals surface area contributed by atoms with E-state index >= 15 is 0 Å². The lowest BCUT2D eigenvalue weighted by Gasteiger charge is -2.14. The minimum Gasteiger partial charge on any atom is -0.310 e. The number of nitrogens with zero attached hydrogens (tertiary/aromatic N) is 1. The molecule has 0 spiro atoms. The van der Waals surface area contributed by atoms with Gasteiger partial charge in [-0.3, -0.25) is 0 Å². The molecule has 0 aliphatic carbocycles. The largest absolute Gasteiger partial charge is 0.310 e. The molecule has 2 rings (SSSR count). The highest BCUT2D eigenvalue weighted by Gasteiger charge is 2.16. The van der Waals surface area contributed by atoms with E-state index in [1.807, 2.05) is 0 Å². The highest BCUT2D eigenvalue weighted by atomic mass is 32.1. The van der Waals surface area contributed by atoms with Gasteiger partial charge in [-0.05, 0) is 35.4 Å². The van der Waals surface area contributed by atoms with E-state index in [9.17, 15) is 0 Å². The van der Waals surface area contributed by atoms with Gasteiger partial charge in [-0.1, -0.05) is 20.8 Å². The van der Waals surface area contributed by atoms with Crippen molar-refractivity contribution in [3.8, 4) is 0 Å². The van der Waals surface area contributed by atoms with Gasteiger partial charge in [0.2, 0.25) is 0 Å². The van der Waals surface area contributed by atoms with Crippen LogP contribution >= 0.6 is 22.7 Å². The molecule has 0 aliphatic rings. The van der Waals surface area contributed by atoms with E-state index in [2.05, 4.69) is 53.3 Å². The van der Waals surface area contributed by atoms with Gasteiger partial charge in [-0.2, -0.15) is 11.3 Å². The standard InChI is InChI=1S/C14H20N2S2/c1-14(2,3)12-10-18-13(16-12)8-15-6-4-11-5-7-17-9-11/h5,7,9-10,15H,4,6,8H2,1-3H3. The molecule has 98 valence electrons. The molecular weight excluding hydrogens is 260 g/mol. The average Bonchev–Trinajstić information content (AvgIpc) is 2.95. The zero-order valence-corrected chi connectivity index (χ0v) is 12.8. The molecular formula is C14H20N2S2. The van der Waals surface area contributed by atoms with E-state index in [1.165, 1.54) is 16.3 Å². The summed E-state index contributed by atoms with van der Waals surface area (Å²) in [4.78, 5) is 4.67. The molecule has 18 heavy (non-hydrogen) atoms. The average molecular weight is 280 g/mol. The second-order valence-corrected chi connectivity index (χ2v) is 7.16. The van der Waals surface area contributed by atoms with Crippen LogP contribution in [0, 0.1) is 0 Å². The van der Waals surface area contributed by atoms with E-state index in [-0.39, 0.29) is 5.41 Å². The molecule has 0 aliphatic heterocycles. The fourth-order valence-corrected chi connectivity index (χ4v) is 3.29. The van der Waals surface area contributed by atoms with Gasteiger partial charge in [0.15, 0.2) is 0 Å². The van der Waals surface area contributed by atoms with Gasteiger partial charge in [0.25, 0.3) is 0 Å². The maximum atomic E-state index is 4.67. The zero-order valence-electron chi connectivity index (χ0n) is 11.2. The number of rotatable bonds is 5. The van der Waals surface area contributed by atoms with Gasteiger partial charge in [-0.25, -0.2) is 4.98 Å². The van der Waals surface area contributed by atoms with Crippen molar-refractivity contribution in [3.05, 3.63) is 38.5 Å². The minimum atomic E-state index is 0.158. The molecule has 0 bridgehead atoms. The van der Waals surface area contributed by atoms with Crippen molar-refractivity contribution in [2.45, 2.75) is 39.2 Å². The Labute approximate surface area is 117 Å². The molecule has 0 amide bonds. The summed E-state index contributed by atoms with van der Waals surface area (Å²) in [6.45, 7) is 8.51. The highest BCUT2D eigenvalue weighted by Crippen LogP contribution is 2.23. The smallest absolute Gasteiger partial charge is 0.107 e. The van der Waals surface area contributed by atoms with E-state index in [1.54, 1.807) is 22.7 Å². The van der Waals surface area contributed by atoms with Gasteiger partial charge in [0, 0.05) is 17.3 Å². The number of aromatic nitrogens is 1. The molecule has 0 saturated carbocycles. The predicted molar refractivity (Wildman–Crippen MR) is 80.5 cm³/mol. The van der Waals surface area contributed by atoms with Crippen molar-refractivity contribution in [1.82, 2.24) is 10.3 Å². The molecule has 0 radical (unpaired) electrons. The second-order valence-electron chi connectivity index (χ2n) is 5.43. The minimum absolute atomic E-state index is 0.158.